The quantitative estimate of drug-likeness (QED) is 0.0215. The highest BCUT2D eigenvalue weighted by Gasteiger charge is 2.32. The molecule has 0 unspecified atom stereocenters. The number of aromatic nitrogens is 20. The lowest BCUT2D eigenvalue weighted by atomic mass is 10.1. The molecule has 766 valence electrons. The van der Waals surface area contributed by atoms with Crippen LogP contribution >= 0.6 is 56.9 Å². The van der Waals surface area contributed by atoms with Gasteiger partial charge in [0, 0.05) is 194 Å². The Morgan fingerprint density at radius 1 is 0.477 bits per heavy atom. The molecule has 44 heteroatoms. The average molecular weight is 2100 g/mol. The summed E-state index contributed by atoms with van der Waals surface area (Å²) in [5, 5.41) is 62.3. The van der Waals surface area contributed by atoms with E-state index in [-0.39, 0.29) is 31.8 Å². The number of carbonyl (C=O) groups is 1. The number of fused-ring (bicyclic) bond motifs is 5. The second-order valence-corrected chi connectivity index (χ2v) is 42.7. The first-order valence-electron chi connectivity index (χ1n) is 50.0. The van der Waals surface area contributed by atoms with Crippen molar-refractivity contribution in [3.8, 4) is 17.0 Å². The van der Waals surface area contributed by atoms with E-state index in [1.54, 1.807) is 63.6 Å². The Bertz CT molecular complexity index is 8740. The van der Waals surface area contributed by atoms with Crippen LogP contribution in [0.1, 0.15) is 119 Å². The van der Waals surface area contributed by atoms with Crippen LogP contribution in [0.4, 0.5) is 63.9 Å². The topological polar surface area (TPSA) is 434 Å². The molecule has 8 fully saturated rings. The number of carbonyl (C=O) groups excluding carboxylic acids is 1. The number of nitrogens with one attached hydrogen (secondary N) is 11. The summed E-state index contributed by atoms with van der Waals surface area (Å²) in [5.41, 5.74) is 11.4. The van der Waals surface area contributed by atoms with Crippen molar-refractivity contribution in [1.82, 2.24) is 113 Å². The number of benzene rings is 2. The predicted molar refractivity (Wildman–Crippen MR) is 597 cm³/mol. The Hall–Kier alpha value is -15.7. The third-order valence-corrected chi connectivity index (χ3v) is 30.3. The number of phenols is 1. The molecule has 0 spiro atoms. The largest absolute Gasteiger partial charge is 0.508 e. The Morgan fingerprint density at radius 2 is 0.953 bits per heavy atom. The number of halogens is 1. The smallest absolute Gasteiger partial charge is 0.307 e. The number of anilines is 11. The fourth-order valence-electron chi connectivity index (χ4n) is 17.5. The van der Waals surface area contributed by atoms with Crippen LogP contribution in [-0.4, -0.2) is 234 Å². The van der Waals surface area contributed by atoms with Gasteiger partial charge in [0.05, 0.1) is 75.5 Å². The van der Waals surface area contributed by atoms with Gasteiger partial charge in [0.15, 0.2) is 28.2 Å². The van der Waals surface area contributed by atoms with Crippen LogP contribution in [0.15, 0.2) is 171 Å². The highest BCUT2D eigenvalue weighted by molar-refractivity contribution is 7.08. The zero-order chi connectivity index (χ0) is 103. The summed E-state index contributed by atoms with van der Waals surface area (Å²) in [6, 6.07) is 33.0. The van der Waals surface area contributed by atoms with E-state index >= 15 is 0 Å². The zero-order valence-electron chi connectivity index (χ0n) is 82.8. The molecule has 0 bridgehead atoms. The molecule has 3 aliphatic heterocycles. The van der Waals surface area contributed by atoms with Gasteiger partial charge >= 0.3 is 14.6 Å². The van der Waals surface area contributed by atoms with Gasteiger partial charge in [-0.05, 0) is 170 Å². The van der Waals surface area contributed by atoms with E-state index in [4.69, 9.17) is 36.5 Å². The van der Waals surface area contributed by atoms with Crippen LogP contribution in [-0.2, 0) is 11.8 Å². The molecule has 149 heavy (non-hydrogen) atoms. The number of likely N-dealkylation sites (N-methyl/N-ethyl adjacent to an activating group) is 2. The molecule has 1 amide bonds. The number of hydrogen-bond acceptors (Lipinski definition) is 33. The summed E-state index contributed by atoms with van der Waals surface area (Å²) in [6.07, 6.45) is 33.3. The van der Waals surface area contributed by atoms with Crippen LogP contribution < -0.4 is 116 Å². The fourth-order valence-corrected chi connectivity index (χ4v) is 20.8. The molecule has 15 aromatic heterocycles. The molecule has 3 saturated heterocycles. The molecule has 2 aromatic carbocycles. The average Bonchev–Trinajstić information content (AvgIpc) is 1.69. The van der Waals surface area contributed by atoms with E-state index in [9.17, 15) is 29.1 Å². The minimum Gasteiger partial charge on any atom is -0.508 e. The van der Waals surface area contributed by atoms with E-state index in [0.29, 0.717) is 95.3 Å². The second-order valence-electron chi connectivity index (χ2n) is 38.1. The molecular weight excluding hydrogens is 1980 g/mol. The lowest BCUT2D eigenvalue weighted by Crippen LogP contribution is -2.47. The van der Waals surface area contributed by atoms with Gasteiger partial charge < -0.3 is 91.7 Å². The maximum absolute atomic E-state index is 12.2. The van der Waals surface area contributed by atoms with Crippen molar-refractivity contribution in [3.05, 3.63) is 263 Å². The third-order valence-electron chi connectivity index (χ3n) is 26.4. The predicted octanol–water partition coefficient (Wildman–Crippen LogP) is 8.29. The number of allylic oxidation sites excluding steroid dienone is 1. The lowest BCUT2D eigenvalue weighted by molar-refractivity contribution is -0.115. The molecule has 25 rings (SSSR count). The van der Waals surface area contributed by atoms with Crippen LogP contribution in [0.25, 0.3) is 96.2 Å². The van der Waals surface area contributed by atoms with Crippen LogP contribution in [0.3, 0.4) is 0 Å². The minimum absolute atomic E-state index is 0.0462. The molecule has 18 heterocycles. The van der Waals surface area contributed by atoms with Gasteiger partial charge in [0.1, 0.15) is 63.9 Å². The number of H-pyrrole nitrogens is 3. The van der Waals surface area contributed by atoms with E-state index in [1.807, 2.05) is 117 Å². The van der Waals surface area contributed by atoms with Gasteiger partial charge in [-0.2, -0.15) is 48.1 Å². The first-order chi connectivity index (χ1) is 72.3. The molecule has 5 aliphatic carbocycles. The SMILES string of the molecule is C=C1C/C(=C\c2cnn3c(NC4CC4)cc(-c4cccc(O)c4)nc23)C(=O)N1.C=c1/c(=C/c2cnn3c(NC4CC4)cc(Nc4cccc(Cl)c4)nc23)sc(=O)n1C.C=c1[nH]c(=O)/c(=C/c2cnn3c(NC4CC4)cc(N4CCN(c5ccccn5)CC4)nc23)s1.C=c1[nH]c(=O)s/c1=C\c1cnn2c(NC3CC3)cc(N3CCCN(C)CC3)nc12.C=c1[nH]c(=O)s/c1=C\c1cnn2c(NC3CC3)cc(NCCN(CC)CC)nc12. The van der Waals surface area contributed by atoms with Crippen molar-refractivity contribution in [2.24, 2.45) is 7.05 Å². The summed E-state index contributed by atoms with van der Waals surface area (Å²) >= 11 is 10.9. The maximum Gasteiger partial charge on any atom is 0.307 e. The van der Waals surface area contributed by atoms with Crippen molar-refractivity contribution < 1.29 is 9.90 Å². The van der Waals surface area contributed by atoms with Crippen molar-refractivity contribution in [1.29, 1.82) is 0 Å². The first-order valence-corrected chi connectivity index (χ1v) is 53.6. The lowest BCUT2D eigenvalue weighted by Gasteiger charge is -2.36. The van der Waals surface area contributed by atoms with Crippen LogP contribution in [0.2, 0.25) is 5.02 Å². The van der Waals surface area contributed by atoms with Gasteiger partial charge in [-0.25, -0.2) is 29.9 Å². The molecule has 12 N–H and O–H groups in total. The van der Waals surface area contributed by atoms with Gasteiger partial charge in [-0.15, -0.1) is 11.3 Å². The summed E-state index contributed by atoms with van der Waals surface area (Å²) in [4.78, 5) is 108. The Balaban J connectivity index is 0.000000109. The highest BCUT2D eigenvalue weighted by Crippen LogP contribution is 2.37. The summed E-state index contributed by atoms with van der Waals surface area (Å²) < 4.78 is 14.3. The third kappa shape index (κ3) is 23.8. The van der Waals surface area contributed by atoms with Gasteiger partial charge in [-0.3, -0.25) is 24.0 Å². The number of piperazine rings is 1. The van der Waals surface area contributed by atoms with Crippen LogP contribution in [0, 0.1) is 0 Å². The number of thiazole rings is 4. The molecule has 0 radical (unpaired) electrons. The van der Waals surface area contributed by atoms with Crippen molar-refractivity contribution in [2.75, 3.05) is 138 Å². The second kappa shape index (κ2) is 43.4. The summed E-state index contributed by atoms with van der Waals surface area (Å²) in [6.45, 7) is 35.2. The summed E-state index contributed by atoms with van der Waals surface area (Å²) in [7, 11) is 3.89. The van der Waals surface area contributed by atoms with Crippen molar-refractivity contribution in [2.45, 2.75) is 121 Å². The van der Waals surface area contributed by atoms with E-state index < -0.39 is 0 Å². The van der Waals surface area contributed by atoms with Crippen molar-refractivity contribution in [3.63, 3.8) is 0 Å². The van der Waals surface area contributed by atoms with E-state index in [2.05, 4.69) is 184 Å². The highest BCUT2D eigenvalue weighted by atomic mass is 35.5. The Labute approximate surface area is 874 Å². The number of hydrogen-bond donors (Lipinski definition) is 12. The number of pyridine rings is 1. The van der Waals surface area contributed by atoms with Crippen LogP contribution in [0.5, 0.6) is 5.75 Å². The fraction of sp³-hybridized carbons (Fsp3) is 0.314. The molecular formula is C105H114ClN33O6S4. The van der Waals surface area contributed by atoms with E-state index in [0.717, 1.165) is 272 Å². The minimum atomic E-state index is -0.137. The normalized spacial score (nSPS) is 16.7. The monoisotopic (exact) mass is 2100 g/mol. The molecule has 39 nitrogen and oxygen atoms in total. The number of rotatable bonds is 27. The van der Waals surface area contributed by atoms with Gasteiger partial charge in [-0.1, -0.05) is 117 Å². The number of phenolic OH excluding ortho intramolecular Hbond substituents is 1. The Morgan fingerprint density at radius 3 is 1.42 bits per heavy atom. The molecule has 0 atom stereocenters. The molecule has 17 aromatic rings. The van der Waals surface area contributed by atoms with Crippen molar-refractivity contribution >= 4 is 212 Å². The number of amides is 1. The molecule has 8 aliphatic rings. The summed E-state index contributed by atoms with van der Waals surface area (Å²) in [5.74, 6) is 9.00. The maximum atomic E-state index is 12.2. The number of aromatic amines is 3. The standard InChI is InChI=1S/C23H24N8OS.C21H19ClN6OS.C21H19N5O2.C20H25N7OS.C20H27N7OS/c1-15-26-23(32)18(33-15)12-16-14-25-31-21(27-17-5-6-17)13-20(28-22(16)31)30-10-8-29(9-11-30)19-4-2-3-7-24-19;1-12-17(30-21(29)27(12)2)8-13-11-23-28-19(25-15-6-7-15)10-18(26-20(13)28)24-16-5-3-4-14(22)9-16;1-12-7-14(21(28)23-12)8-15-11-22-26-19(24-16-5-6-16)10-18(25-20(15)26)13-3-2-4-17(27)9-13;1-13-16(29-20(28)22-13)10-14-12-21-27-18(23-15-4-5-15)11-17(24-19(14)27)26-7-3-6-25(2)8-9-26;1-4-26(5-2)9-8-21-17-11-18(24-15-6-7-15)27-19(25-17)14(12-22-27)10-16-13(3)23-20(28)29-16/h2-4,7,12-14,17,27H,1,5-6,8-11H2,(H,26,32);3-5,8-11,15,25H,1,6-7H2,2H3,(H,24,26);2-4,8-11,16,24,27H,1,5-7H2,(H,23,28);10-12,15,23H,1,3-9H2,2H3,(H,22,28);10-12,15,24H,3-9H2,1-2H3,(H,21,25)(H,23,28)/b18-12-;17-8-;14-8+;2*16-10-. The molecule has 5 saturated carbocycles. The number of nitrogens with zero attached hydrogens (tertiary/aromatic N) is 22. The van der Waals surface area contributed by atoms with E-state index in [1.165, 1.54) is 49.9 Å². The van der Waals surface area contributed by atoms with Gasteiger partial charge in [0.2, 0.25) is 0 Å². The first kappa shape index (κ1) is 99.3. The van der Waals surface area contributed by atoms with Gasteiger partial charge in [0.25, 0.3) is 11.5 Å². The number of aromatic hydroxyl groups is 1. The zero-order valence-corrected chi connectivity index (χ0v) is 86.8. The Kier molecular flexibility index (Phi) is 28.9.